The number of carbonyl (C=O) groups excluding carboxylic acids is 1. The molecule has 11 heteroatoms. The predicted molar refractivity (Wildman–Crippen MR) is 124 cm³/mol. The van der Waals surface area contributed by atoms with Crippen molar-refractivity contribution < 1.29 is 22.5 Å². The van der Waals surface area contributed by atoms with Gasteiger partial charge < -0.3 is 14.6 Å². The maximum atomic E-state index is 13.1. The maximum absolute atomic E-state index is 13.1. The number of morpholine rings is 1. The normalized spacial score (nSPS) is 14.8. The van der Waals surface area contributed by atoms with Crippen LogP contribution in [0.15, 0.2) is 56.8 Å². The van der Waals surface area contributed by atoms with Crippen LogP contribution in [0.1, 0.15) is 27.6 Å². The topological polar surface area (TPSA) is 115 Å². The number of hydrogen-bond acceptors (Lipinski definition) is 8. The van der Waals surface area contributed by atoms with Gasteiger partial charge in [0.25, 0.3) is 5.91 Å². The van der Waals surface area contributed by atoms with Crippen LogP contribution in [0.25, 0.3) is 0 Å². The van der Waals surface area contributed by atoms with Crippen LogP contribution < -0.4 is 5.32 Å². The molecule has 0 atom stereocenters. The first-order valence-corrected chi connectivity index (χ1v) is 12.8. The molecule has 0 saturated carbocycles. The fourth-order valence-electron chi connectivity index (χ4n) is 3.34. The number of aryl methyl sites for hydroxylation is 2. The Morgan fingerprint density at radius 2 is 1.91 bits per heavy atom. The molecule has 1 saturated heterocycles. The second-order valence-electron chi connectivity index (χ2n) is 7.46. The molecule has 1 N–H and O–H groups in total. The van der Waals surface area contributed by atoms with E-state index in [1.165, 1.54) is 22.1 Å². The van der Waals surface area contributed by atoms with Crippen LogP contribution in [0.5, 0.6) is 0 Å². The number of rotatable bonds is 7. The Kier molecular flexibility index (Phi) is 7.13. The van der Waals surface area contributed by atoms with Crippen molar-refractivity contribution in [2.75, 3.05) is 31.6 Å². The SMILES string of the molecule is Cc1nc(CSc2ccccc2C(=O)Nc2cc(S(=O)(=O)N3CCOCC3)ccc2C)no1. The highest BCUT2D eigenvalue weighted by Gasteiger charge is 2.27. The number of benzene rings is 2. The number of aromatic nitrogens is 2. The number of hydrogen-bond donors (Lipinski definition) is 1. The molecule has 0 spiro atoms. The van der Waals surface area contributed by atoms with Gasteiger partial charge in [0.2, 0.25) is 15.9 Å². The van der Waals surface area contributed by atoms with E-state index in [9.17, 15) is 13.2 Å². The highest BCUT2D eigenvalue weighted by Crippen LogP contribution is 2.28. The van der Waals surface area contributed by atoms with Crippen molar-refractivity contribution in [3.63, 3.8) is 0 Å². The Labute approximate surface area is 196 Å². The largest absolute Gasteiger partial charge is 0.379 e. The lowest BCUT2D eigenvalue weighted by Crippen LogP contribution is -2.40. The summed E-state index contributed by atoms with van der Waals surface area (Å²) in [5, 5.41) is 6.75. The van der Waals surface area contributed by atoms with Gasteiger partial charge in [-0.15, -0.1) is 11.8 Å². The number of carbonyl (C=O) groups is 1. The molecule has 3 aromatic rings. The summed E-state index contributed by atoms with van der Waals surface area (Å²) in [6.07, 6.45) is 0. The van der Waals surface area contributed by atoms with Gasteiger partial charge in [0.15, 0.2) is 5.82 Å². The van der Waals surface area contributed by atoms with Gasteiger partial charge >= 0.3 is 0 Å². The predicted octanol–water partition coefficient (Wildman–Crippen LogP) is 3.25. The van der Waals surface area contributed by atoms with Crippen LogP contribution in [0.2, 0.25) is 0 Å². The molecule has 9 nitrogen and oxygen atoms in total. The van der Waals surface area contributed by atoms with Gasteiger partial charge in [0.05, 0.1) is 29.4 Å². The van der Waals surface area contributed by atoms with Crippen LogP contribution in [-0.4, -0.2) is 55.1 Å². The quantitative estimate of drug-likeness (QED) is 0.504. The molecule has 2 aromatic carbocycles. The van der Waals surface area contributed by atoms with E-state index in [0.29, 0.717) is 55.0 Å². The first-order chi connectivity index (χ1) is 15.8. The number of ether oxygens (including phenoxy) is 1. The minimum Gasteiger partial charge on any atom is -0.379 e. The zero-order valence-corrected chi connectivity index (χ0v) is 19.9. The Morgan fingerprint density at radius 3 is 2.64 bits per heavy atom. The first kappa shape index (κ1) is 23.4. The lowest BCUT2D eigenvalue weighted by Gasteiger charge is -2.26. The summed E-state index contributed by atoms with van der Waals surface area (Å²) in [6.45, 7) is 4.89. The van der Waals surface area contributed by atoms with Crippen LogP contribution >= 0.6 is 11.8 Å². The van der Waals surface area contributed by atoms with Crippen molar-refractivity contribution in [1.29, 1.82) is 0 Å². The van der Waals surface area contributed by atoms with Crippen molar-refractivity contribution in [2.45, 2.75) is 29.4 Å². The minimum absolute atomic E-state index is 0.139. The van der Waals surface area contributed by atoms with E-state index in [1.54, 1.807) is 31.2 Å². The van der Waals surface area contributed by atoms with Crippen LogP contribution in [0.3, 0.4) is 0 Å². The van der Waals surface area contributed by atoms with E-state index in [2.05, 4.69) is 15.5 Å². The van der Waals surface area contributed by atoms with Crippen molar-refractivity contribution in [2.24, 2.45) is 0 Å². The van der Waals surface area contributed by atoms with Gasteiger partial charge in [-0.1, -0.05) is 23.4 Å². The zero-order chi connectivity index (χ0) is 23.4. The number of nitrogens with zero attached hydrogens (tertiary/aromatic N) is 3. The minimum atomic E-state index is -3.67. The van der Waals surface area contributed by atoms with Crippen molar-refractivity contribution in [3.05, 3.63) is 65.3 Å². The molecule has 174 valence electrons. The number of nitrogens with one attached hydrogen (secondary N) is 1. The second kappa shape index (κ2) is 10.0. The van der Waals surface area contributed by atoms with E-state index in [1.807, 2.05) is 19.1 Å². The third-order valence-electron chi connectivity index (χ3n) is 5.12. The molecular formula is C22H24N4O5S2. The summed E-state index contributed by atoms with van der Waals surface area (Å²) < 4.78 is 37.7. The summed E-state index contributed by atoms with van der Waals surface area (Å²) in [5.74, 6) is 1.16. The van der Waals surface area contributed by atoms with Crippen molar-refractivity contribution in [3.8, 4) is 0 Å². The van der Waals surface area contributed by atoms with E-state index < -0.39 is 10.0 Å². The molecule has 1 aliphatic heterocycles. The number of thioether (sulfide) groups is 1. The Bertz CT molecular complexity index is 1250. The van der Waals surface area contributed by atoms with Gasteiger partial charge in [-0.05, 0) is 36.8 Å². The van der Waals surface area contributed by atoms with E-state index in [0.717, 1.165) is 10.5 Å². The zero-order valence-electron chi connectivity index (χ0n) is 18.3. The maximum Gasteiger partial charge on any atom is 0.256 e. The number of sulfonamides is 1. The molecule has 0 unspecified atom stereocenters. The van der Waals surface area contributed by atoms with Crippen LogP contribution in [0.4, 0.5) is 5.69 Å². The molecule has 1 aromatic heterocycles. The molecule has 0 aliphatic carbocycles. The second-order valence-corrected chi connectivity index (χ2v) is 10.4. The Morgan fingerprint density at radius 1 is 1.15 bits per heavy atom. The Hall–Kier alpha value is -2.73. The summed E-state index contributed by atoms with van der Waals surface area (Å²) in [5.41, 5.74) is 1.68. The third kappa shape index (κ3) is 5.44. The molecule has 0 bridgehead atoms. The smallest absolute Gasteiger partial charge is 0.256 e. The van der Waals surface area contributed by atoms with Crippen LogP contribution in [0, 0.1) is 13.8 Å². The van der Waals surface area contributed by atoms with E-state index in [4.69, 9.17) is 9.26 Å². The first-order valence-electron chi connectivity index (χ1n) is 10.4. The van der Waals surface area contributed by atoms with E-state index >= 15 is 0 Å². The van der Waals surface area contributed by atoms with Crippen LogP contribution in [-0.2, 0) is 20.5 Å². The monoisotopic (exact) mass is 488 g/mol. The van der Waals surface area contributed by atoms with Gasteiger partial charge in [-0.25, -0.2) is 8.42 Å². The fourth-order valence-corrected chi connectivity index (χ4v) is 5.67. The van der Waals surface area contributed by atoms with E-state index in [-0.39, 0.29) is 10.8 Å². The average Bonchev–Trinajstić information content (AvgIpc) is 3.24. The molecule has 4 rings (SSSR count). The summed E-state index contributed by atoms with van der Waals surface area (Å²) in [7, 11) is -3.67. The van der Waals surface area contributed by atoms with Gasteiger partial charge in [-0.2, -0.15) is 9.29 Å². The molecule has 1 fully saturated rings. The van der Waals surface area contributed by atoms with Crippen molar-refractivity contribution >= 4 is 33.4 Å². The number of anilines is 1. The molecule has 1 aliphatic rings. The van der Waals surface area contributed by atoms with Gasteiger partial charge in [-0.3, -0.25) is 4.79 Å². The fraction of sp³-hybridized carbons (Fsp3) is 0.318. The summed E-state index contributed by atoms with van der Waals surface area (Å²) >= 11 is 1.42. The molecule has 1 amide bonds. The summed E-state index contributed by atoms with van der Waals surface area (Å²) in [6, 6.07) is 12.0. The molecule has 33 heavy (non-hydrogen) atoms. The highest BCUT2D eigenvalue weighted by molar-refractivity contribution is 7.98. The third-order valence-corrected chi connectivity index (χ3v) is 8.09. The van der Waals surface area contributed by atoms with Crippen molar-refractivity contribution in [1.82, 2.24) is 14.4 Å². The summed E-state index contributed by atoms with van der Waals surface area (Å²) in [4.78, 5) is 18.2. The van der Waals surface area contributed by atoms with Gasteiger partial charge in [0, 0.05) is 30.6 Å². The molecular weight excluding hydrogens is 464 g/mol. The standard InChI is InChI=1S/C22H24N4O5S2/c1-15-7-8-17(33(28,29)26-9-11-30-12-10-26)13-19(15)24-22(27)18-5-3-4-6-20(18)32-14-21-23-16(2)31-25-21/h3-8,13H,9-12,14H2,1-2H3,(H,24,27). The Balaban J connectivity index is 1.53. The highest BCUT2D eigenvalue weighted by atomic mass is 32.2. The number of amides is 1. The molecule has 2 heterocycles. The average molecular weight is 489 g/mol. The van der Waals surface area contributed by atoms with Gasteiger partial charge in [0.1, 0.15) is 0 Å². The molecule has 0 radical (unpaired) electrons. The lowest BCUT2D eigenvalue weighted by atomic mass is 10.1. The lowest BCUT2D eigenvalue weighted by molar-refractivity contribution is 0.0730.